The van der Waals surface area contributed by atoms with Crippen molar-refractivity contribution in [3.05, 3.63) is 34.2 Å². The molecule has 2 fully saturated rings. The summed E-state index contributed by atoms with van der Waals surface area (Å²) in [7, 11) is 3.64. The molecule has 1 aromatic heterocycles. The van der Waals surface area contributed by atoms with E-state index in [1.165, 1.54) is 28.6 Å². The number of thioether (sulfide) groups is 1. The van der Waals surface area contributed by atoms with Crippen LogP contribution >= 0.6 is 11.8 Å². The molecule has 3 N–H and O–H groups in total. The molecule has 8 atom stereocenters. The maximum atomic E-state index is 12.5. The van der Waals surface area contributed by atoms with E-state index in [4.69, 9.17) is 14.2 Å². The lowest BCUT2D eigenvalue weighted by atomic mass is 9.96. The quantitative estimate of drug-likeness (QED) is 0.457. The van der Waals surface area contributed by atoms with Gasteiger partial charge in [0.2, 0.25) is 5.91 Å². The number of nitrogens with zero attached hydrogens (tertiary/aromatic N) is 3. The lowest BCUT2D eigenvalue weighted by molar-refractivity contribution is -0.310. The Bertz CT molecular complexity index is 927. The number of amides is 1. The van der Waals surface area contributed by atoms with Crippen LogP contribution in [0.25, 0.3) is 0 Å². The molecule has 3 heterocycles. The zero-order chi connectivity index (χ0) is 25.0. The summed E-state index contributed by atoms with van der Waals surface area (Å²) < 4.78 is 19.3. The van der Waals surface area contributed by atoms with E-state index in [1.54, 1.807) is 11.5 Å². The zero-order valence-electron chi connectivity index (χ0n) is 20.0. The molecule has 190 valence electrons. The molecule has 0 aliphatic carbocycles. The Kier molecular flexibility index (Phi) is 9.27. The van der Waals surface area contributed by atoms with E-state index in [1.807, 2.05) is 39.1 Å². The van der Waals surface area contributed by atoms with Gasteiger partial charge >= 0.3 is 5.69 Å². The van der Waals surface area contributed by atoms with Crippen molar-refractivity contribution < 1.29 is 29.2 Å². The fourth-order valence-corrected chi connectivity index (χ4v) is 4.61. The van der Waals surface area contributed by atoms with Gasteiger partial charge in [-0.05, 0) is 58.5 Å². The Morgan fingerprint density at radius 3 is 2.62 bits per heavy atom. The van der Waals surface area contributed by atoms with E-state index in [2.05, 4.69) is 10.3 Å². The second kappa shape index (κ2) is 11.8. The number of anilines is 1. The van der Waals surface area contributed by atoms with Gasteiger partial charge in [-0.25, -0.2) is 4.79 Å². The number of hydrogen-bond donors (Lipinski definition) is 3. The first-order chi connectivity index (χ1) is 16.1. The van der Waals surface area contributed by atoms with Gasteiger partial charge in [0.25, 0.3) is 0 Å². The van der Waals surface area contributed by atoms with E-state index in [0.29, 0.717) is 12.8 Å². The van der Waals surface area contributed by atoms with Crippen molar-refractivity contribution in [1.82, 2.24) is 14.5 Å². The fourth-order valence-electron chi connectivity index (χ4n) is 4.35. The number of carbonyl (C=O) groups excluding carboxylic acids is 1. The second-order valence-electron chi connectivity index (χ2n) is 8.72. The number of aliphatic hydroxyl groups excluding tert-OH is 2. The molecule has 12 heteroatoms. The first-order valence-electron chi connectivity index (χ1n) is 11.2. The highest BCUT2D eigenvalue weighted by Gasteiger charge is 2.46. The molecule has 11 nitrogen and oxygen atoms in total. The minimum Gasteiger partial charge on any atom is -0.388 e. The van der Waals surface area contributed by atoms with E-state index in [0.717, 1.165) is 0 Å². The molecular formula is C22H34N4O7S. The van der Waals surface area contributed by atoms with Gasteiger partial charge in [0.15, 0.2) is 6.29 Å². The zero-order valence-corrected chi connectivity index (χ0v) is 20.8. The lowest BCUT2D eigenvalue weighted by Crippen LogP contribution is -2.62. The highest BCUT2D eigenvalue weighted by Crippen LogP contribution is 2.32. The van der Waals surface area contributed by atoms with Gasteiger partial charge in [-0.3, -0.25) is 9.36 Å². The monoisotopic (exact) mass is 498 g/mol. The lowest BCUT2D eigenvalue weighted by Gasteiger charge is -2.46. The van der Waals surface area contributed by atoms with Crippen molar-refractivity contribution in [1.29, 1.82) is 0 Å². The number of hydrogen-bond acceptors (Lipinski definition) is 10. The van der Waals surface area contributed by atoms with Crippen LogP contribution in [0.4, 0.5) is 5.82 Å². The van der Waals surface area contributed by atoms with Crippen LogP contribution in [0.2, 0.25) is 0 Å². The molecule has 2 aliphatic heterocycles. The molecule has 1 aromatic rings. The van der Waals surface area contributed by atoms with Crippen LogP contribution in [0.15, 0.2) is 28.5 Å². The van der Waals surface area contributed by atoms with Crippen LogP contribution in [-0.4, -0.2) is 93.8 Å². The number of nitrogens with one attached hydrogen (secondary N) is 1. The van der Waals surface area contributed by atoms with Crippen molar-refractivity contribution in [2.45, 2.75) is 75.8 Å². The van der Waals surface area contributed by atoms with Crippen molar-refractivity contribution in [2.75, 3.05) is 25.7 Å². The number of ether oxygens (including phenoxy) is 3. The Hall–Kier alpha value is -1.80. The SMILES string of the molecule is CS/C=C/C(=O)Nc1ccn([C@H]2CC[C@H](O[C@H]3O[C@H](C)[C@@H](N(C)C)[C@H](O)[C@H]3O)[C@@H](C)O2)c(=O)n1. The molecule has 0 bridgehead atoms. The van der Waals surface area contributed by atoms with E-state index < -0.39 is 42.6 Å². The highest BCUT2D eigenvalue weighted by atomic mass is 32.2. The normalized spacial score (nSPS) is 34.5. The number of aromatic nitrogens is 2. The maximum Gasteiger partial charge on any atom is 0.351 e. The van der Waals surface area contributed by atoms with E-state index in [9.17, 15) is 19.8 Å². The third-order valence-electron chi connectivity index (χ3n) is 6.05. The molecule has 0 saturated carbocycles. The van der Waals surface area contributed by atoms with Crippen LogP contribution in [0.3, 0.4) is 0 Å². The minimum absolute atomic E-state index is 0.161. The fraction of sp³-hybridized carbons (Fsp3) is 0.682. The Labute approximate surface area is 203 Å². The Morgan fingerprint density at radius 1 is 1.26 bits per heavy atom. The van der Waals surface area contributed by atoms with Gasteiger partial charge in [-0.2, -0.15) is 4.98 Å². The number of rotatable bonds is 7. The summed E-state index contributed by atoms with van der Waals surface area (Å²) in [5.74, 6) is -0.209. The van der Waals surface area contributed by atoms with Gasteiger partial charge in [0, 0.05) is 12.3 Å². The first kappa shape index (κ1) is 26.8. The molecule has 2 aliphatic rings. The second-order valence-corrected chi connectivity index (χ2v) is 9.47. The van der Waals surface area contributed by atoms with Gasteiger partial charge in [-0.1, -0.05) is 0 Å². The average Bonchev–Trinajstić information content (AvgIpc) is 2.77. The van der Waals surface area contributed by atoms with E-state index >= 15 is 0 Å². The predicted molar refractivity (Wildman–Crippen MR) is 127 cm³/mol. The number of carbonyl (C=O) groups is 1. The predicted octanol–water partition coefficient (Wildman–Crippen LogP) is 0.538. The largest absolute Gasteiger partial charge is 0.388 e. The minimum atomic E-state index is -1.20. The summed E-state index contributed by atoms with van der Waals surface area (Å²) in [4.78, 5) is 30.0. The molecule has 2 saturated heterocycles. The number of aliphatic hydroxyl groups is 2. The maximum absolute atomic E-state index is 12.5. The van der Waals surface area contributed by atoms with Gasteiger partial charge in [0.1, 0.15) is 24.3 Å². The Balaban J connectivity index is 1.60. The summed E-state index contributed by atoms with van der Waals surface area (Å²) in [5, 5.41) is 25.2. The van der Waals surface area contributed by atoms with Crippen LogP contribution < -0.4 is 11.0 Å². The van der Waals surface area contributed by atoms with Crippen molar-refractivity contribution >= 4 is 23.5 Å². The van der Waals surface area contributed by atoms with Crippen LogP contribution in [0.1, 0.15) is 32.9 Å². The van der Waals surface area contributed by atoms with Crippen LogP contribution in [-0.2, 0) is 19.0 Å². The molecular weight excluding hydrogens is 464 g/mol. The van der Waals surface area contributed by atoms with Crippen molar-refractivity contribution in [3.63, 3.8) is 0 Å². The molecule has 0 spiro atoms. The third kappa shape index (κ3) is 6.25. The summed E-state index contributed by atoms with van der Waals surface area (Å²) in [6.45, 7) is 3.65. The smallest absolute Gasteiger partial charge is 0.351 e. The topological polar surface area (TPSA) is 135 Å². The molecule has 1 amide bonds. The van der Waals surface area contributed by atoms with Crippen molar-refractivity contribution in [3.8, 4) is 0 Å². The molecule has 0 unspecified atom stereocenters. The third-order valence-corrected chi connectivity index (χ3v) is 6.46. The summed E-state index contributed by atoms with van der Waals surface area (Å²) in [6.07, 6.45) is 0.858. The van der Waals surface area contributed by atoms with E-state index in [-0.39, 0.29) is 23.9 Å². The standard InChI is InChI=1S/C22H34N4O7S/c1-12-14(33-21-20(29)19(28)18(25(3)4)13(2)32-21)6-7-17(31-12)26-10-8-15(24-22(26)30)23-16(27)9-11-34-5/h8-14,17-21,28-29H,6-7H2,1-5H3,(H,23,24,27,30)/b11-9+/t12-,13-,14+,17-,18-,19+,20-,21-/m1/s1. The molecule has 34 heavy (non-hydrogen) atoms. The van der Waals surface area contributed by atoms with Crippen LogP contribution in [0, 0.1) is 0 Å². The highest BCUT2D eigenvalue weighted by molar-refractivity contribution is 8.01. The molecule has 3 rings (SSSR count). The van der Waals surface area contributed by atoms with Crippen LogP contribution in [0.5, 0.6) is 0 Å². The number of likely N-dealkylation sites (N-methyl/N-ethyl adjacent to an activating group) is 1. The first-order valence-corrected chi connectivity index (χ1v) is 12.5. The Morgan fingerprint density at radius 2 is 2.00 bits per heavy atom. The molecule has 0 aromatic carbocycles. The average molecular weight is 499 g/mol. The van der Waals surface area contributed by atoms with Gasteiger partial charge in [0.05, 0.1) is 24.4 Å². The van der Waals surface area contributed by atoms with Crippen molar-refractivity contribution in [2.24, 2.45) is 0 Å². The van der Waals surface area contributed by atoms with Gasteiger partial charge < -0.3 is 34.6 Å². The summed E-state index contributed by atoms with van der Waals surface area (Å²) >= 11 is 1.39. The molecule has 0 radical (unpaired) electrons. The summed E-state index contributed by atoms with van der Waals surface area (Å²) in [5.41, 5.74) is -0.541. The van der Waals surface area contributed by atoms with Gasteiger partial charge in [-0.15, -0.1) is 11.8 Å². The summed E-state index contributed by atoms with van der Waals surface area (Å²) in [6, 6.07) is 1.19.